The van der Waals surface area contributed by atoms with Gasteiger partial charge in [0, 0.05) is 43.4 Å². The van der Waals surface area contributed by atoms with Crippen molar-refractivity contribution in [2.24, 2.45) is 10.1 Å². The number of halogens is 4. The van der Waals surface area contributed by atoms with Gasteiger partial charge >= 0.3 is 5.97 Å². The molecule has 0 radical (unpaired) electrons. The number of pyridine rings is 1. The molecule has 0 amide bonds. The van der Waals surface area contributed by atoms with E-state index in [2.05, 4.69) is 4.40 Å². The Bertz CT molecular complexity index is 1910. The van der Waals surface area contributed by atoms with Crippen molar-refractivity contribution >= 4 is 61.7 Å². The van der Waals surface area contributed by atoms with Gasteiger partial charge in [-0.25, -0.2) is 13.6 Å². The molecule has 0 unspecified atom stereocenters. The van der Waals surface area contributed by atoms with Gasteiger partial charge in [0.25, 0.3) is 10.0 Å². The Kier molecular flexibility index (Phi) is 7.84. The first-order chi connectivity index (χ1) is 19.9. The summed E-state index contributed by atoms with van der Waals surface area (Å²) < 4.78 is 59.7. The highest BCUT2D eigenvalue weighted by Crippen LogP contribution is 2.31. The first kappa shape index (κ1) is 29.3. The van der Waals surface area contributed by atoms with Crippen molar-refractivity contribution in [1.82, 2.24) is 9.47 Å². The molecule has 0 saturated carbocycles. The van der Waals surface area contributed by atoms with Crippen LogP contribution in [0.2, 0.25) is 10.0 Å². The summed E-state index contributed by atoms with van der Waals surface area (Å²) >= 11 is 12.0. The lowest BCUT2D eigenvalue weighted by Crippen LogP contribution is -2.51. The lowest BCUT2D eigenvalue weighted by molar-refractivity contribution is 0.0695. The van der Waals surface area contributed by atoms with Gasteiger partial charge < -0.3 is 25.2 Å². The van der Waals surface area contributed by atoms with Crippen molar-refractivity contribution < 1.29 is 27.1 Å². The summed E-state index contributed by atoms with van der Waals surface area (Å²) in [5.41, 5.74) is 5.26. The minimum Gasteiger partial charge on any atom is -0.477 e. The quantitative estimate of drug-likeness (QED) is 0.247. The summed E-state index contributed by atoms with van der Waals surface area (Å²) in [5.74, 6) is -3.07. The first-order valence-corrected chi connectivity index (χ1v) is 14.5. The zero-order chi connectivity index (χ0) is 30.3. The molecular weight excluding hydrogens is 615 g/mol. The van der Waals surface area contributed by atoms with Crippen molar-refractivity contribution in [3.8, 4) is 5.69 Å². The van der Waals surface area contributed by atoms with E-state index in [1.807, 2.05) is 0 Å². The molecule has 42 heavy (non-hydrogen) atoms. The molecule has 3 N–H and O–H groups in total. The van der Waals surface area contributed by atoms with Crippen molar-refractivity contribution in [2.75, 3.05) is 31.1 Å². The second kappa shape index (κ2) is 11.2. The number of aromatic carboxylic acids is 1. The smallest absolute Gasteiger partial charge is 0.341 e. The zero-order valence-corrected chi connectivity index (χ0v) is 23.8. The molecule has 218 valence electrons. The molecule has 0 atom stereocenters. The Morgan fingerprint density at radius 3 is 2.19 bits per heavy atom. The minimum absolute atomic E-state index is 0.106. The lowest BCUT2D eigenvalue weighted by Gasteiger charge is -2.36. The van der Waals surface area contributed by atoms with Crippen LogP contribution in [0.4, 0.5) is 14.5 Å². The normalized spacial score (nSPS) is 14.4. The Hall–Kier alpha value is -4.20. The SMILES string of the molecule is N/C(=N\S(=O)(=O)c1c(Cl)cccc1Cl)N1CCN(c2cc3c(cc2F)c(=O)c(C(=O)O)cn3-c2ccc(F)cc2)CC1. The van der Waals surface area contributed by atoms with Crippen LogP contribution in [0, 0.1) is 11.6 Å². The van der Waals surface area contributed by atoms with Gasteiger partial charge in [-0.3, -0.25) is 4.79 Å². The number of hydrogen-bond acceptors (Lipinski definition) is 5. The minimum atomic E-state index is -4.33. The maximum Gasteiger partial charge on any atom is 0.341 e. The Morgan fingerprint density at radius 2 is 1.60 bits per heavy atom. The van der Waals surface area contributed by atoms with Crippen LogP contribution in [-0.2, 0) is 10.0 Å². The summed E-state index contributed by atoms with van der Waals surface area (Å²) in [5, 5.41) is 9.17. The lowest BCUT2D eigenvalue weighted by atomic mass is 10.1. The molecule has 1 aliphatic rings. The van der Waals surface area contributed by atoms with Crippen LogP contribution in [0.25, 0.3) is 16.6 Å². The van der Waals surface area contributed by atoms with Crippen molar-refractivity contribution in [3.63, 3.8) is 0 Å². The second-order valence-electron chi connectivity index (χ2n) is 9.29. The van der Waals surface area contributed by atoms with Crippen LogP contribution < -0.4 is 16.1 Å². The average Bonchev–Trinajstić information content (AvgIpc) is 2.93. The number of hydrogen-bond donors (Lipinski definition) is 2. The van der Waals surface area contributed by atoms with E-state index in [1.165, 1.54) is 58.0 Å². The van der Waals surface area contributed by atoms with Gasteiger partial charge in [-0.15, -0.1) is 4.40 Å². The number of nitrogens with two attached hydrogens (primary N) is 1. The van der Waals surface area contributed by atoms with E-state index >= 15 is 4.39 Å². The number of piperazine rings is 1. The van der Waals surface area contributed by atoms with Crippen molar-refractivity contribution in [2.45, 2.75) is 4.90 Å². The third-order valence-electron chi connectivity index (χ3n) is 6.74. The number of carboxylic acids is 1. The van der Waals surface area contributed by atoms with Crippen LogP contribution in [0.3, 0.4) is 0 Å². The van der Waals surface area contributed by atoms with E-state index in [1.54, 1.807) is 4.90 Å². The number of sulfonamides is 1. The molecule has 0 spiro atoms. The number of anilines is 1. The summed E-state index contributed by atoms with van der Waals surface area (Å²) in [6.45, 7) is 0.724. The number of carboxylic acid groups (broad SMARTS) is 1. The van der Waals surface area contributed by atoms with Gasteiger partial charge in [0.15, 0.2) is 0 Å². The number of carbonyl (C=O) groups is 1. The van der Waals surface area contributed by atoms with Crippen LogP contribution in [0.1, 0.15) is 10.4 Å². The molecular formula is C27H21Cl2F2N5O5S. The van der Waals surface area contributed by atoms with Crippen molar-refractivity contribution in [3.05, 3.63) is 98.3 Å². The Morgan fingerprint density at radius 1 is 0.976 bits per heavy atom. The molecule has 5 rings (SSSR count). The van der Waals surface area contributed by atoms with Crippen LogP contribution in [0.15, 0.2) is 74.9 Å². The number of nitrogens with zero attached hydrogens (tertiary/aromatic N) is 4. The largest absolute Gasteiger partial charge is 0.477 e. The molecule has 10 nitrogen and oxygen atoms in total. The van der Waals surface area contributed by atoms with Gasteiger partial charge in [0.05, 0.1) is 21.2 Å². The van der Waals surface area contributed by atoms with Gasteiger partial charge in [-0.1, -0.05) is 29.3 Å². The third-order valence-corrected chi connectivity index (χ3v) is 8.98. The van der Waals surface area contributed by atoms with Crippen molar-refractivity contribution in [1.29, 1.82) is 0 Å². The van der Waals surface area contributed by atoms with E-state index in [-0.39, 0.29) is 63.7 Å². The van der Waals surface area contributed by atoms with E-state index in [9.17, 15) is 27.5 Å². The average molecular weight is 636 g/mol. The molecule has 4 aromatic rings. The number of aromatic nitrogens is 1. The molecule has 3 aromatic carbocycles. The van der Waals surface area contributed by atoms with Crippen LogP contribution in [-0.4, -0.2) is 61.1 Å². The van der Waals surface area contributed by atoms with Crippen LogP contribution >= 0.6 is 23.2 Å². The molecule has 1 aromatic heterocycles. The molecule has 0 bridgehead atoms. The first-order valence-electron chi connectivity index (χ1n) is 12.3. The Labute approximate surface area is 247 Å². The summed E-state index contributed by atoms with van der Waals surface area (Å²) in [7, 11) is -4.33. The maximum atomic E-state index is 15.4. The predicted molar refractivity (Wildman–Crippen MR) is 155 cm³/mol. The molecule has 2 heterocycles. The highest BCUT2D eigenvalue weighted by molar-refractivity contribution is 7.90. The molecule has 1 aliphatic heterocycles. The number of guanidine groups is 1. The van der Waals surface area contributed by atoms with Gasteiger partial charge in [0.1, 0.15) is 22.1 Å². The standard InChI is InChI=1S/C27H21Cl2F2N5O5S/c28-19-2-1-3-20(29)25(19)42(40,41)33-27(32)35-10-8-34(9-11-35)23-13-22-17(12-21(23)31)24(37)18(26(38)39)14-36(22)16-6-4-15(30)5-7-16/h1-7,12-14H,8-11H2,(H2,32,33)(H,38,39). The van der Waals surface area contributed by atoms with E-state index in [4.69, 9.17) is 28.9 Å². The van der Waals surface area contributed by atoms with E-state index in [0.29, 0.717) is 5.69 Å². The highest BCUT2D eigenvalue weighted by atomic mass is 35.5. The Balaban J connectivity index is 1.47. The molecule has 15 heteroatoms. The fourth-order valence-corrected chi connectivity index (χ4v) is 6.74. The topological polar surface area (TPSA) is 138 Å². The summed E-state index contributed by atoms with van der Waals surface area (Å²) in [6, 6.07) is 11.8. The fraction of sp³-hybridized carbons (Fsp3) is 0.148. The molecule has 1 fully saturated rings. The monoisotopic (exact) mass is 635 g/mol. The summed E-state index contributed by atoms with van der Waals surface area (Å²) in [6.07, 6.45) is 1.11. The number of fused-ring (bicyclic) bond motifs is 1. The molecule has 0 aliphatic carbocycles. The summed E-state index contributed by atoms with van der Waals surface area (Å²) in [4.78, 5) is 27.4. The number of benzene rings is 3. The predicted octanol–water partition coefficient (Wildman–Crippen LogP) is 4.10. The highest BCUT2D eigenvalue weighted by Gasteiger charge is 2.26. The number of rotatable bonds is 5. The second-order valence-corrected chi connectivity index (χ2v) is 11.6. The third kappa shape index (κ3) is 5.50. The van der Waals surface area contributed by atoms with E-state index < -0.39 is 38.6 Å². The zero-order valence-electron chi connectivity index (χ0n) is 21.5. The molecule has 1 saturated heterocycles. The fourth-order valence-electron chi connectivity index (χ4n) is 4.68. The van der Waals surface area contributed by atoms with Gasteiger partial charge in [0.2, 0.25) is 11.4 Å². The maximum absolute atomic E-state index is 15.4. The van der Waals surface area contributed by atoms with Crippen LogP contribution in [0.5, 0.6) is 0 Å². The van der Waals surface area contributed by atoms with E-state index in [0.717, 1.165) is 12.3 Å². The van der Waals surface area contributed by atoms with Gasteiger partial charge in [-0.05, 0) is 48.5 Å². The van der Waals surface area contributed by atoms with Gasteiger partial charge in [-0.2, -0.15) is 8.42 Å².